The molecule has 0 aromatic heterocycles. The van der Waals surface area contributed by atoms with E-state index in [9.17, 15) is 9.59 Å². The number of carbonyl (C=O) groups is 2. The largest absolute Gasteiger partial charge is 0.478 e. The molecule has 0 saturated carbocycles. The van der Waals surface area contributed by atoms with Gasteiger partial charge in [-0.15, -0.1) is 11.8 Å². The number of nitrogens with zero attached hydrogens (tertiary/aromatic N) is 1. The molecule has 24 heavy (non-hydrogen) atoms. The van der Waals surface area contributed by atoms with Crippen molar-refractivity contribution in [3.63, 3.8) is 0 Å². The summed E-state index contributed by atoms with van der Waals surface area (Å²) in [6, 6.07) is 16.8. The summed E-state index contributed by atoms with van der Waals surface area (Å²) in [7, 11) is 0. The standard InChI is InChI=1S/C19H19NO3S/c21-17(11-6-14-4-2-1-3-5-14)20-12-13-24-18(20)15-7-9-16(10-8-15)19(22)23/h1-5,7-10,18H,6,11-13H2,(H,22,23). The van der Waals surface area contributed by atoms with Crippen molar-refractivity contribution >= 4 is 23.6 Å². The molecule has 1 atom stereocenters. The van der Waals surface area contributed by atoms with E-state index in [1.165, 1.54) is 5.56 Å². The Kier molecular flexibility index (Phi) is 5.20. The van der Waals surface area contributed by atoms with Crippen molar-refractivity contribution in [1.82, 2.24) is 4.90 Å². The molecule has 1 N–H and O–H groups in total. The van der Waals surface area contributed by atoms with Crippen LogP contribution >= 0.6 is 11.8 Å². The summed E-state index contributed by atoms with van der Waals surface area (Å²) in [5.74, 6) is 0.121. The van der Waals surface area contributed by atoms with E-state index < -0.39 is 5.97 Å². The molecule has 1 unspecified atom stereocenters. The lowest BCUT2D eigenvalue weighted by Crippen LogP contribution is -2.30. The third-order valence-corrected chi connectivity index (χ3v) is 5.39. The second-order valence-electron chi connectivity index (χ2n) is 5.72. The maximum Gasteiger partial charge on any atom is 0.335 e. The molecule has 0 radical (unpaired) electrons. The van der Waals surface area contributed by atoms with Gasteiger partial charge in [-0.1, -0.05) is 42.5 Å². The van der Waals surface area contributed by atoms with E-state index in [-0.39, 0.29) is 16.8 Å². The van der Waals surface area contributed by atoms with Gasteiger partial charge in [-0.2, -0.15) is 0 Å². The highest BCUT2D eigenvalue weighted by Crippen LogP contribution is 2.38. The van der Waals surface area contributed by atoms with Crippen LogP contribution in [0, 0.1) is 0 Å². The van der Waals surface area contributed by atoms with Gasteiger partial charge in [0.1, 0.15) is 5.37 Å². The van der Waals surface area contributed by atoms with Crippen LogP contribution in [0.25, 0.3) is 0 Å². The molecule has 1 aliphatic rings. The Balaban J connectivity index is 1.66. The van der Waals surface area contributed by atoms with Gasteiger partial charge in [-0.25, -0.2) is 4.79 Å². The molecule has 0 aliphatic carbocycles. The molecule has 124 valence electrons. The van der Waals surface area contributed by atoms with Crippen molar-refractivity contribution in [2.45, 2.75) is 18.2 Å². The predicted octanol–water partition coefficient (Wildman–Crippen LogP) is 3.59. The molecule has 2 aromatic rings. The Bertz CT molecular complexity index is 715. The van der Waals surface area contributed by atoms with Crippen LogP contribution < -0.4 is 0 Å². The lowest BCUT2D eigenvalue weighted by atomic mass is 10.1. The second-order valence-corrected chi connectivity index (χ2v) is 6.91. The Morgan fingerprint density at radius 3 is 2.46 bits per heavy atom. The minimum Gasteiger partial charge on any atom is -0.478 e. The normalized spacial score (nSPS) is 17.0. The first kappa shape index (κ1) is 16.6. The Morgan fingerprint density at radius 1 is 1.08 bits per heavy atom. The number of amides is 1. The summed E-state index contributed by atoms with van der Waals surface area (Å²) in [4.78, 5) is 25.5. The van der Waals surface area contributed by atoms with E-state index in [4.69, 9.17) is 5.11 Å². The smallest absolute Gasteiger partial charge is 0.335 e. The Hall–Kier alpha value is -2.27. The van der Waals surface area contributed by atoms with Crippen molar-refractivity contribution in [2.24, 2.45) is 0 Å². The fraction of sp³-hybridized carbons (Fsp3) is 0.263. The highest BCUT2D eigenvalue weighted by atomic mass is 32.2. The molecule has 0 bridgehead atoms. The minimum atomic E-state index is -0.934. The molecule has 3 rings (SSSR count). The van der Waals surface area contributed by atoms with Gasteiger partial charge in [0.2, 0.25) is 5.91 Å². The number of thioether (sulfide) groups is 1. The molecule has 1 fully saturated rings. The number of carboxylic acid groups (broad SMARTS) is 1. The molecule has 1 aliphatic heterocycles. The third-order valence-electron chi connectivity index (χ3n) is 4.12. The molecule has 1 heterocycles. The molecule has 1 saturated heterocycles. The van der Waals surface area contributed by atoms with Crippen LogP contribution in [0.4, 0.5) is 0 Å². The fourth-order valence-corrected chi connectivity index (χ4v) is 4.11. The van der Waals surface area contributed by atoms with Crippen LogP contribution in [0.1, 0.15) is 33.3 Å². The average Bonchev–Trinajstić information content (AvgIpc) is 3.10. The highest BCUT2D eigenvalue weighted by molar-refractivity contribution is 7.99. The third kappa shape index (κ3) is 3.79. The van der Waals surface area contributed by atoms with Crippen LogP contribution in [0.2, 0.25) is 0 Å². The van der Waals surface area contributed by atoms with Gasteiger partial charge in [0, 0.05) is 18.7 Å². The summed E-state index contributed by atoms with van der Waals surface area (Å²) in [6.45, 7) is 0.740. The summed E-state index contributed by atoms with van der Waals surface area (Å²) < 4.78 is 0. The maximum atomic E-state index is 12.6. The molecule has 4 nitrogen and oxygen atoms in total. The van der Waals surface area contributed by atoms with Gasteiger partial charge in [-0.05, 0) is 29.7 Å². The number of benzene rings is 2. The van der Waals surface area contributed by atoms with Crippen LogP contribution in [-0.4, -0.2) is 34.2 Å². The van der Waals surface area contributed by atoms with Crippen LogP contribution in [-0.2, 0) is 11.2 Å². The number of carbonyl (C=O) groups excluding carboxylic acids is 1. The topological polar surface area (TPSA) is 57.6 Å². The summed E-state index contributed by atoms with van der Waals surface area (Å²) in [5, 5.41) is 8.97. The summed E-state index contributed by atoms with van der Waals surface area (Å²) in [5.41, 5.74) is 2.42. The van der Waals surface area contributed by atoms with E-state index in [0.29, 0.717) is 6.42 Å². The van der Waals surface area contributed by atoms with Crippen molar-refractivity contribution < 1.29 is 14.7 Å². The van der Waals surface area contributed by atoms with Crippen molar-refractivity contribution in [3.05, 3.63) is 71.3 Å². The molecule has 2 aromatic carbocycles. The zero-order chi connectivity index (χ0) is 16.9. The first-order chi connectivity index (χ1) is 11.6. The first-order valence-corrected chi connectivity index (χ1v) is 8.98. The second kappa shape index (κ2) is 7.53. The van der Waals surface area contributed by atoms with Gasteiger partial charge in [0.15, 0.2) is 0 Å². The lowest BCUT2D eigenvalue weighted by Gasteiger charge is -2.24. The predicted molar refractivity (Wildman–Crippen MR) is 95.1 cm³/mol. The number of aryl methyl sites for hydroxylation is 1. The number of aromatic carboxylic acids is 1. The van der Waals surface area contributed by atoms with Crippen molar-refractivity contribution in [2.75, 3.05) is 12.3 Å². The van der Waals surface area contributed by atoms with E-state index in [2.05, 4.69) is 0 Å². The number of carboxylic acids is 1. The summed E-state index contributed by atoms with van der Waals surface area (Å²) >= 11 is 1.73. The highest BCUT2D eigenvalue weighted by Gasteiger charge is 2.30. The Labute approximate surface area is 145 Å². The van der Waals surface area contributed by atoms with E-state index >= 15 is 0 Å². The maximum absolute atomic E-state index is 12.6. The number of hydrogen-bond acceptors (Lipinski definition) is 3. The molecule has 0 spiro atoms. The lowest BCUT2D eigenvalue weighted by molar-refractivity contribution is -0.131. The van der Waals surface area contributed by atoms with Crippen molar-refractivity contribution in [3.8, 4) is 0 Å². The Morgan fingerprint density at radius 2 is 1.79 bits per heavy atom. The fourth-order valence-electron chi connectivity index (χ4n) is 2.83. The minimum absolute atomic E-state index is 0.0175. The van der Waals surface area contributed by atoms with Crippen LogP contribution in [0.15, 0.2) is 54.6 Å². The average molecular weight is 341 g/mol. The molecular weight excluding hydrogens is 322 g/mol. The zero-order valence-electron chi connectivity index (χ0n) is 13.2. The number of hydrogen-bond donors (Lipinski definition) is 1. The zero-order valence-corrected chi connectivity index (χ0v) is 14.0. The SMILES string of the molecule is O=C(O)c1ccc(C2SCCN2C(=O)CCc2ccccc2)cc1. The first-order valence-electron chi connectivity index (χ1n) is 7.93. The van der Waals surface area contributed by atoms with E-state index in [1.807, 2.05) is 47.4 Å². The number of rotatable bonds is 5. The summed E-state index contributed by atoms with van der Waals surface area (Å²) in [6.07, 6.45) is 1.24. The quantitative estimate of drug-likeness (QED) is 0.903. The van der Waals surface area contributed by atoms with Gasteiger partial charge >= 0.3 is 5.97 Å². The van der Waals surface area contributed by atoms with E-state index in [1.54, 1.807) is 23.9 Å². The molecule has 1 amide bonds. The van der Waals surface area contributed by atoms with Gasteiger partial charge in [0.05, 0.1) is 5.56 Å². The van der Waals surface area contributed by atoms with Gasteiger partial charge < -0.3 is 10.0 Å². The van der Waals surface area contributed by atoms with Gasteiger partial charge in [0.25, 0.3) is 0 Å². The van der Waals surface area contributed by atoms with Gasteiger partial charge in [-0.3, -0.25) is 4.79 Å². The molecular formula is C19H19NO3S. The van der Waals surface area contributed by atoms with E-state index in [0.717, 1.165) is 24.3 Å². The van der Waals surface area contributed by atoms with Crippen LogP contribution in [0.3, 0.4) is 0 Å². The van der Waals surface area contributed by atoms with Crippen LogP contribution in [0.5, 0.6) is 0 Å². The van der Waals surface area contributed by atoms with Crippen molar-refractivity contribution in [1.29, 1.82) is 0 Å². The molecule has 5 heteroatoms. The monoisotopic (exact) mass is 341 g/mol.